The minimum Gasteiger partial charge on any atom is -0.493 e. The van der Waals surface area contributed by atoms with Gasteiger partial charge in [0.1, 0.15) is 5.76 Å². The summed E-state index contributed by atoms with van der Waals surface area (Å²) < 4.78 is 21.8. The van der Waals surface area contributed by atoms with Crippen LogP contribution in [-0.2, 0) is 13.1 Å². The van der Waals surface area contributed by atoms with Crippen molar-refractivity contribution in [1.29, 1.82) is 0 Å². The number of hydrogen-bond donors (Lipinski definition) is 1. The molecule has 2 aromatic rings. The number of nitrogens with zero attached hydrogens (tertiary/aromatic N) is 1. The van der Waals surface area contributed by atoms with Crippen molar-refractivity contribution >= 4 is 17.3 Å². The standard InChI is InChI=1S/C20H28N2O4S/c1-6-14(2)21-20(27)22(13-16-8-7-9-26-16)12-15-10-17(23-3)19(25-5)18(11-15)24-4/h7-11,14H,6,12-13H2,1-5H3,(H,21,27)/t14-/m1/s1. The first-order valence-corrected chi connectivity index (χ1v) is 9.29. The van der Waals surface area contributed by atoms with E-state index in [9.17, 15) is 0 Å². The van der Waals surface area contributed by atoms with Gasteiger partial charge in [0.25, 0.3) is 0 Å². The number of hydrogen-bond acceptors (Lipinski definition) is 5. The van der Waals surface area contributed by atoms with E-state index >= 15 is 0 Å². The zero-order valence-corrected chi connectivity index (χ0v) is 17.4. The maximum absolute atomic E-state index is 5.65. The molecule has 1 aromatic heterocycles. The van der Waals surface area contributed by atoms with Gasteiger partial charge in [-0.2, -0.15) is 0 Å². The Morgan fingerprint density at radius 1 is 1.15 bits per heavy atom. The number of ether oxygens (including phenoxy) is 3. The molecule has 0 aliphatic heterocycles. The molecule has 0 radical (unpaired) electrons. The highest BCUT2D eigenvalue weighted by Crippen LogP contribution is 2.38. The average molecular weight is 393 g/mol. The maximum Gasteiger partial charge on any atom is 0.203 e. The molecule has 0 amide bonds. The van der Waals surface area contributed by atoms with E-state index in [4.69, 9.17) is 30.8 Å². The Balaban J connectivity index is 2.29. The lowest BCUT2D eigenvalue weighted by Crippen LogP contribution is -2.42. The average Bonchev–Trinajstić information content (AvgIpc) is 3.19. The number of thiocarbonyl (C=S) groups is 1. The Bertz CT molecular complexity index is 709. The molecular weight excluding hydrogens is 364 g/mol. The highest BCUT2D eigenvalue weighted by molar-refractivity contribution is 7.80. The van der Waals surface area contributed by atoms with Crippen LogP contribution in [0, 0.1) is 0 Å². The third-order valence-electron chi connectivity index (χ3n) is 4.29. The van der Waals surface area contributed by atoms with Gasteiger partial charge in [-0.15, -0.1) is 0 Å². The van der Waals surface area contributed by atoms with Gasteiger partial charge in [-0.1, -0.05) is 6.92 Å². The fourth-order valence-corrected chi connectivity index (χ4v) is 2.97. The van der Waals surface area contributed by atoms with Gasteiger partial charge >= 0.3 is 0 Å². The van der Waals surface area contributed by atoms with Crippen LogP contribution in [0.1, 0.15) is 31.6 Å². The summed E-state index contributed by atoms with van der Waals surface area (Å²) in [6.07, 6.45) is 2.65. The third-order valence-corrected chi connectivity index (χ3v) is 4.67. The minimum atomic E-state index is 0.288. The largest absolute Gasteiger partial charge is 0.493 e. The molecule has 7 heteroatoms. The molecule has 0 aliphatic carbocycles. The van der Waals surface area contributed by atoms with Gasteiger partial charge in [0.2, 0.25) is 5.75 Å². The normalized spacial score (nSPS) is 11.6. The first kappa shape index (κ1) is 20.9. The molecule has 148 valence electrons. The van der Waals surface area contributed by atoms with E-state index in [-0.39, 0.29) is 6.04 Å². The van der Waals surface area contributed by atoms with Crippen LogP contribution >= 0.6 is 12.2 Å². The zero-order chi connectivity index (χ0) is 19.8. The maximum atomic E-state index is 5.65. The van der Waals surface area contributed by atoms with E-state index in [0.29, 0.717) is 35.5 Å². The third kappa shape index (κ3) is 5.53. The Labute approximate surface area is 166 Å². The van der Waals surface area contributed by atoms with E-state index in [2.05, 4.69) is 24.1 Å². The molecule has 0 fully saturated rings. The van der Waals surface area contributed by atoms with E-state index < -0.39 is 0 Å². The van der Waals surface area contributed by atoms with Crippen molar-refractivity contribution in [3.8, 4) is 17.2 Å². The smallest absolute Gasteiger partial charge is 0.203 e. The predicted octanol–water partition coefficient (Wildman–Crippen LogP) is 3.98. The summed E-state index contributed by atoms with van der Waals surface area (Å²) in [5.74, 6) is 2.65. The van der Waals surface area contributed by atoms with Crippen LogP contribution in [0.25, 0.3) is 0 Å². The van der Waals surface area contributed by atoms with Crippen molar-refractivity contribution in [1.82, 2.24) is 10.2 Å². The molecule has 6 nitrogen and oxygen atoms in total. The van der Waals surface area contributed by atoms with Crippen LogP contribution in [0.2, 0.25) is 0 Å². The molecule has 1 N–H and O–H groups in total. The van der Waals surface area contributed by atoms with Crippen molar-refractivity contribution in [2.75, 3.05) is 21.3 Å². The number of furan rings is 1. The molecule has 1 heterocycles. The summed E-state index contributed by atoms with van der Waals surface area (Å²) >= 11 is 5.65. The van der Waals surface area contributed by atoms with Crippen LogP contribution in [0.3, 0.4) is 0 Å². The monoisotopic (exact) mass is 392 g/mol. The van der Waals surface area contributed by atoms with Crippen LogP contribution in [0.5, 0.6) is 17.2 Å². The van der Waals surface area contributed by atoms with Gasteiger partial charge < -0.3 is 28.8 Å². The van der Waals surface area contributed by atoms with Gasteiger partial charge in [-0.3, -0.25) is 0 Å². The Hall–Kier alpha value is -2.41. The van der Waals surface area contributed by atoms with Gasteiger partial charge in [0, 0.05) is 12.6 Å². The quantitative estimate of drug-likeness (QED) is 0.648. The van der Waals surface area contributed by atoms with Crippen LogP contribution in [0.15, 0.2) is 34.9 Å². The second-order valence-corrected chi connectivity index (χ2v) is 6.61. The number of nitrogens with one attached hydrogen (secondary N) is 1. The van der Waals surface area contributed by atoms with Crippen molar-refractivity contribution in [3.05, 3.63) is 41.9 Å². The van der Waals surface area contributed by atoms with Gasteiger partial charge in [-0.25, -0.2) is 0 Å². The molecular formula is C20H28N2O4S. The predicted molar refractivity (Wildman–Crippen MR) is 110 cm³/mol. The molecule has 0 aliphatic rings. The van der Waals surface area contributed by atoms with Crippen LogP contribution in [-0.4, -0.2) is 37.4 Å². The summed E-state index contributed by atoms with van der Waals surface area (Å²) in [4.78, 5) is 2.06. The first-order chi connectivity index (χ1) is 13.0. The van der Waals surface area contributed by atoms with Gasteiger partial charge in [0.15, 0.2) is 16.6 Å². The Morgan fingerprint density at radius 3 is 2.30 bits per heavy atom. The molecule has 0 saturated heterocycles. The lowest BCUT2D eigenvalue weighted by atomic mass is 10.1. The van der Waals surface area contributed by atoms with Crippen molar-refractivity contribution < 1.29 is 18.6 Å². The van der Waals surface area contributed by atoms with E-state index in [0.717, 1.165) is 17.7 Å². The van der Waals surface area contributed by atoms with E-state index in [1.807, 2.05) is 24.3 Å². The lowest BCUT2D eigenvalue weighted by molar-refractivity contribution is 0.319. The minimum absolute atomic E-state index is 0.288. The Kier molecular flexibility index (Phi) is 7.79. The van der Waals surface area contributed by atoms with Crippen LogP contribution in [0.4, 0.5) is 0 Å². The summed E-state index contributed by atoms with van der Waals surface area (Å²) in [7, 11) is 4.81. The van der Waals surface area contributed by atoms with E-state index in [1.165, 1.54) is 0 Å². The van der Waals surface area contributed by atoms with Crippen molar-refractivity contribution in [2.45, 2.75) is 39.4 Å². The molecule has 1 atom stereocenters. The second kappa shape index (κ2) is 10.1. The molecule has 0 unspecified atom stereocenters. The molecule has 0 saturated carbocycles. The number of benzene rings is 1. The fourth-order valence-electron chi connectivity index (χ4n) is 2.64. The Morgan fingerprint density at radius 2 is 1.81 bits per heavy atom. The zero-order valence-electron chi connectivity index (χ0n) is 16.6. The molecule has 0 spiro atoms. The van der Waals surface area contributed by atoms with Gasteiger partial charge in [0.05, 0.1) is 34.1 Å². The SMILES string of the molecule is CC[C@@H](C)NC(=S)N(Cc1cc(OC)c(OC)c(OC)c1)Cc1ccco1. The van der Waals surface area contributed by atoms with Gasteiger partial charge in [-0.05, 0) is 55.4 Å². The first-order valence-electron chi connectivity index (χ1n) is 8.89. The summed E-state index contributed by atoms with van der Waals surface area (Å²) in [6, 6.07) is 7.97. The van der Waals surface area contributed by atoms with E-state index in [1.54, 1.807) is 27.6 Å². The second-order valence-electron chi connectivity index (χ2n) is 6.23. The summed E-state index contributed by atoms with van der Waals surface area (Å²) in [5.41, 5.74) is 0.990. The number of methoxy groups -OCH3 is 3. The topological polar surface area (TPSA) is 56.1 Å². The number of rotatable bonds is 9. The fraction of sp³-hybridized carbons (Fsp3) is 0.450. The lowest BCUT2D eigenvalue weighted by Gasteiger charge is -2.27. The van der Waals surface area contributed by atoms with Crippen LogP contribution < -0.4 is 19.5 Å². The molecule has 1 aromatic carbocycles. The summed E-state index contributed by atoms with van der Waals surface area (Å²) in [5, 5.41) is 4.05. The highest BCUT2D eigenvalue weighted by Gasteiger charge is 2.18. The molecule has 2 rings (SSSR count). The van der Waals surface area contributed by atoms with Crippen molar-refractivity contribution in [2.24, 2.45) is 0 Å². The summed E-state index contributed by atoms with van der Waals surface area (Å²) in [6.45, 7) is 5.36. The molecule has 27 heavy (non-hydrogen) atoms. The van der Waals surface area contributed by atoms with Crippen molar-refractivity contribution in [3.63, 3.8) is 0 Å². The highest BCUT2D eigenvalue weighted by atomic mass is 32.1. The molecule has 0 bridgehead atoms.